The third-order valence-electron chi connectivity index (χ3n) is 2.29. The molecule has 0 saturated carbocycles. The van der Waals surface area contributed by atoms with Crippen molar-refractivity contribution in [2.45, 2.75) is 31.7 Å². The zero-order valence-corrected chi connectivity index (χ0v) is 6.64. The van der Waals surface area contributed by atoms with Gasteiger partial charge in [0.25, 0.3) is 0 Å². The van der Waals surface area contributed by atoms with Gasteiger partial charge < -0.3 is 4.90 Å². The van der Waals surface area contributed by atoms with Crippen LogP contribution in [0.4, 0.5) is 0 Å². The van der Waals surface area contributed by atoms with Gasteiger partial charge in [-0.15, -0.1) is 12.3 Å². The van der Waals surface area contributed by atoms with E-state index in [0.717, 1.165) is 12.5 Å². The second-order valence-electron chi connectivity index (χ2n) is 3.02. The maximum atomic E-state index is 5.18. The summed E-state index contributed by atoms with van der Waals surface area (Å²) >= 11 is 0. The van der Waals surface area contributed by atoms with Crippen molar-refractivity contribution in [3.05, 3.63) is 0 Å². The smallest absolute Gasteiger partial charge is 0.0102 e. The number of likely N-dealkylation sites (tertiary alicyclic amines) is 1. The summed E-state index contributed by atoms with van der Waals surface area (Å²) in [6, 6.07) is 0.774. The number of nitrogens with zero attached hydrogens (tertiary/aromatic N) is 1. The summed E-state index contributed by atoms with van der Waals surface area (Å²) in [6.45, 7) is 1.26. The highest BCUT2D eigenvalue weighted by Crippen LogP contribution is 2.18. The van der Waals surface area contributed by atoms with Gasteiger partial charge in [-0.2, -0.15) is 0 Å². The van der Waals surface area contributed by atoms with Crippen LogP contribution in [0.2, 0.25) is 0 Å². The minimum atomic E-state index is 0.774. The Hall–Kier alpha value is -0.480. The van der Waals surface area contributed by atoms with Gasteiger partial charge in [-0.25, -0.2) is 0 Å². The van der Waals surface area contributed by atoms with E-state index >= 15 is 0 Å². The van der Waals surface area contributed by atoms with Crippen LogP contribution in [0.15, 0.2) is 0 Å². The van der Waals surface area contributed by atoms with Gasteiger partial charge in [0.1, 0.15) is 0 Å². The maximum Gasteiger partial charge on any atom is 0.0102 e. The quantitative estimate of drug-likeness (QED) is 0.521. The van der Waals surface area contributed by atoms with Gasteiger partial charge in [0.05, 0.1) is 0 Å². The van der Waals surface area contributed by atoms with Crippen molar-refractivity contribution >= 4 is 0 Å². The van der Waals surface area contributed by atoms with Crippen LogP contribution < -0.4 is 0 Å². The molecule has 56 valence electrons. The molecule has 1 heterocycles. The van der Waals surface area contributed by atoms with E-state index < -0.39 is 0 Å². The van der Waals surface area contributed by atoms with Crippen molar-refractivity contribution in [1.29, 1.82) is 0 Å². The van der Waals surface area contributed by atoms with Crippen molar-refractivity contribution in [2.75, 3.05) is 13.6 Å². The van der Waals surface area contributed by atoms with Crippen molar-refractivity contribution in [3.8, 4) is 12.3 Å². The van der Waals surface area contributed by atoms with Gasteiger partial charge in [0.15, 0.2) is 0 Å². The highest BCUT2D eigenvalue weighted by molar-refractivity contribution is 4.87. The lowest BCUT2D eigenvalue weighted by atomic mass is 10.1. The van der Waals surface area contributed by atoms with Crippen molar-refractivity contribution < 1.29 is 0 Å². The molecule has 0 N–H and O–H groups in total. The molecular weight excluding hydrogens is 122 g/mol. The monoisotopic (exact) mass is 137 g/mol. The van der Waals surface area contributed by atoms with Crippen molar-refractivity contribution in [2.24, 2.45) is 0 Å². The van der Waals surface area contributed by atoms with Gasteiger partial charge in [0, 0.05) is 12.5 Å². The Bertz CT molecular complexity index is 134. The van der Waals surface area contributed by atoms with Crippen LogP contribution in [0.25, 0.3) is 0 Å². The SMILES string of the molecule is C#CCCC1CCCN1C. The lowest BCUT2D eigenvalue weighted by Crippen LogP contribution is -2.24. The van der Waals surface area contributed by atoms with Crippen LogP contribution in [-0.2, 0) is 0 Å². The largest absolute Gasteiger partial charge is 0.303 e. The first-order valence-corrected chi connectivity index (χ1v) is 3.98. The fraction of sp³-hybridized carbons (Fsp3) is 0.778. The van der Waals surface area contributed by atoms with E-state index in [1.54, 1.807) is 0 Å². The van der Waals surface area contributed by atoms with Crippen LogP contribution in [0, 0.1) is 12.3 Å². The van der Waals surface area contributed by atoms with Crippen LogP contribution in [0.3, 0.4) is 0 Å². The lowest BCUT2D eigenvalue weighted by molar-refractivity contribution is 0.299. The first kappa shape index (κ1) is 7.63. The summed E-state index contributed by atoms with van der Waals surface area (Å²) < 4.78 is 0. The molecule has 0 bridgehead atoms. The van der Waals surface area contributed by atoms with Crippen LogP contribution >= 0.6 is 0 Å². The van der Waals surface area contributed by atoms with E-state index in [-0.39, 0.29) is 0 Å². The van der Waals surface area contributed by atoms with Crippen molar-refractivity contribution in [3.63, 3.8) is 0 Å². The zero-order chi connectivity index (χ0) is 7.40. The minimum Gasteiger partial charge on any atom is -0.303 e. The number of rotatable bonds is 2. The van der Waals surface area contributed by atoms with Gasteiger partial charge in [-0.3, -0.25) is 0 Å². The van der Waals surface area contributed by atoms with Gasteiger partial charge in [-0.05, 0) is 32.9 Å². The lowest BCUT2D eigenvalue weighted by Gasteiger charge is -2.17. The second kappa shape index (κ2) is 3.63. The molecule has 0 aromatic heterocycles. The summed E-state index contributed by atoms with van der Waals surface area (Å²) in [7, 11) is 2.19. The molecule has 1 unspecified atom stereocenters. The van der Waals surface area contributed by atoms with Gasteiger partial charge >= 0.3 is 0 Å². The molecule has 0 aliphatic carbocycles. The van der Waals surface area contributed by atoms with Crippen molar-refractivity contribution in [1.82, 2.24) is 4.90 Å². The third kappa shape index (κ3) is 1.75. The van der Waals surface area contributed by atoms with E-state index in [1.165, 1.54) is 25.8 Å². The average molecular weight is 137 g/mol. The first-order chi connectivity index (χ1) is 4.84. The molecule has 1 nitrogen and oxygen atoms in total. The molecule has 1 aliphatic heterocycles. The third-order valence-corrected chi connectivity index (χ3v) is 2.29. The highest BCUT2D eigenvalue weighted by atomic mass is 15.1. The Morgan fingerprint density at radius 3 is 3.00 bits per heavy atom. The fourth-order valence-corrected chi connectivity index (χ4v) is 1.59. The van der Waals surface area contributed by atoms with E-state index in [2.05, 4.69) is 17.9 Å². The highest BCUT2D eigenvalue weighted by Gasteiger charge is 2.19. The van der Waals surface area contributed by atoms with Gasteiger partial charge in [0.2, 0.25) is 0 Å². The molecule has 1 fully saturated rings. The van der Waals surface area contributed by atoms with E-state index in [0.29, 0.717) is 0 Å². The normalized spacial score (nSPS) is 26.6. The Labute approximate surface area is 63.4 Å². The minimum absolute atomic E-state index is 0.774. The average Bonchev–Trinajstić information content (AvgIpc) is 2.31. The summed E-state index contributed by atoms with van der Waals surface area (Å²) in [5.41, 5.74) is 0. The Morgan fingerprint density at radius 1 is 1.70 bits per heavy atom. The summed E-state index contributed by atoms with van der Waals surface area (Å²) in [4.78, 5) is 2.41. The summed E-state index contributed by atoms with van der Waals surface area (Å²) in [5, 5.41) is 0. The Balaban J connectivity index is 2.21. The maximum absolute atomic E-state index is 5.18. The molecule has 1 heteroatoms. The number of hydrogen-bond acceptors (Lipinski definition) is 1. The predicted octanol–water partition coefficient (Wildman–Crippen LogP) is 1.49. The Morgan fingerprint density at radius 2 is 2.50 bits per heavy atom. The first-order valence-electron chi connectivity index (χ1n) is 3.98. The summed E-state index contributed by atoms with van der Waals surface area (Å²) in [6.07, 6.45) is 10.0. The number of terminal acetylenes is 1. The fourth-order valence-electron chi connectivity index (χ4n) is 1.59. The molecule has 0 aromatic rings. The molecule has 1 atom stereocenters. The number of hydrogen-bond donors (Lipinski definition) is 0. The molecule has 1 aliphatic rings. The van der Waals surface area contributed by atoms with Crippen LogP contribution in [0.5, 0.6) is 0 Å². The van der Waals surface area contributed by atoms with Crippen LogP contribution in [-0.4, -0.2) is 24.5 Å². The molecular formula is C9H15N. The molecule has 0 spiro atoms. The predicted molar refractivity (Wildman–Crippen MR) is 43.7 cm³/mol. The molecule has 1 rings (SSSR count). The Kier molecular flexibility index (Phi) is 2.77. The molecule has 0 radical (unpaired) electrons. The zero-order valence-electron chi connectivity index (χ0n) is 6.64. The molecule has 0 aromatic carbocycles. The van der Waals surface area contributed by atoms with E-state index in [1.807, 2.05) is 0 Å². The van der Waals surface area contributed by atoms with Gasteiger partial charge in [-0.1, -0.05) is 0 Å². The van der Waals surface area contributed by atoms with Crippen LogP contribution in [0.1, 0.15) is 25.7 Å². The molecule has 0 amide bonds. The van der Waals surface area contributed by atoms with E-state index in [4.69, 9.17) is 6.42 Å². The molecule has 1 saturated heterocycles. The van der Waals surface area contributed by atoms with E-state index in [9.17, 15) is 0 Å². The second-order valence-corrected chi connectivity index (χ2v) is 3.02. The standard InChI is InChI=1S/C9H15N/c1-3-4-6-9-7-5-8-10(9)2/h1,9H,4-8H2,2H3. The molecule has 10 heavy (non-hydrogen) atoms. The summed E-state index contributed by atoms with van der Waals surface area (Å²) in [5.74, 6) is 2.69. The topological polar surface area (TPSA) is 3.24 Å².